The van der Waals surface area contributed by atoms with E-state index in [2.05, 4.69) is 15.7 Å². The number of nitrogens with one attached hydrogen (secondary N) is 2. The molecule has 0 spiro atoms. The number of urea groups is 1. The largest absolute Gasteiger partial charge is 0.396 e. The highest BCUT2D eigenvalue weighted by Crippen LogP contribution is 2.21. The summed E-state index contributed by atoms with van der Waals surface area (Å²) in [5.74, 6) is 0. The molecule has 3 N–H and O–H groups in total. The van der Waals surface area contributed by atoms with Crippen LogP contribution in [0.5, 0.6) is 0 Å². The predicted molar refractivity (Wildman–Crippen MR) is 78.2 cm³/mol. The number of rotatable bonds is 5. The van der Waals surface area contributed by atoms with Gasteiger partial charge in [-0.1, -0.05) is 20.8 Å². The Kier molecular flexibility index (Phi) is 5.56. The first kappa shape index (κ1) is 16.5. The van der Waals surface area contributed by atoms with E-state index in [1.54, 1.807) is 10.9 Å². The van der Waals surface area contributed by atoms with Gasteiger partial charge in [-0.05, 0) is 18.8 Å². The van der Waals surface area contributed by atoms with Crippen LogP contribution in [0.25, 0.3) is 0 Å². The van der Waals surface area contributed by atoms with Gasteiger partial charge in [0.2, 0.25) is 0 Å². The molecule has 1 rings (SSSR count). The zero-order valence-electron chi connectivity index (χ0n) is 13.0. The number of aromatic nitrogens is 2. The summed E-state index contributed by atoms with van der Waals surface area (Å²) in [6.45, 7) is 8.09. The van der Waals surface area contributed by atoms with E-state index >= 15 is 0 Å². The number of aryl methyl sites for hydroxylation is 1. The maximum absolute atomic E-state index is 12.0. The highest BCUT2D eigenvalue weighted by molar-refractivity contribution is 5.74. The number of nitrogens with zero attached hydrogens (tertiary/aromatic N) is 2. The normalized spacial score (nSPS) is 14.7. The number of hydrogen-bond donors (Lipinski definition) is 3. The van der Waals surface area contributed by atoms with Crippen LogP contribution >= 0.6 is 0 Å². The Morgan fingerprint density at radius 2 is 2.10 bits per heavy atom. The molecule has 6 nitrogen and oxygen atoms in total. The van der Waals surface area contributed by atoms with E-state index in [0.29, 0.717) is 6.42 Å². The predicted octanol–water partition coefficient (Wildman–Crippen LogP) is 1.58. The van der Waals surface area contributed by atoms with E-state index in [0.717, 1.165) is 5.56 Å². The van der Waals surface area contributed by atoms with Gasteiger partial charge >= 0.3 is 6.03 Å². The topological polar surface area (TPSA) is 79.2 Å². The van der Waals surface area contributed by atoms with Crippen molar-refractivity contribution in [3.8, 4) is 0 Å². The van der Waals surface area contributed by atoms with Crippen molar-refractivity contribution in [1.29, 1.82) is 0 Å². The molecule has 0 aliphatic carbocycles. The van der Waals surface area contributed by atoms with Crippen molar-refractivity contribution in [2.24, 2.45) is 12.5 Å². The number of aliphatic hydroxyl groups excluding tert-OH is 1. The summed E-state index contributed by atoms with van der Waals surface area (Å²) in [7, 11) is 1.84. The van der Waals surface area contributed by atoms with Gasteiger partial charge in [-0.3, -0.25) is 4.68 Å². The summed E-state index contributed by atoms with van der Waals surface area (Å²) < 4.78 is 1.70. The highest BCUT2D eigenvalue weighted by atomic mass is 16.3. The summed E-state index contributed by atoms with van der Waals surface area (Å²) in [4.78, 5) is 12.0. The second-order valence-corrected chi connectivity index (χ2v) is 6.22. The quantitative estimate of drug-likeness (QED) is 0.767. The van der Waals surface area contributed by atoms with Crippen molar-refractivity contribution in [3.63, 3.8) is 0 Å². The van der Waals surface area contributed by atoms with Gasteiger partial charge in [-0.2, -0.15) is 5.10 Å². The minimum absolute atomic E-state index is 0.0559. The maximum Gasteiger partial charge on any atom is 0.315 e. The van der Waals surface area contributed by atoms with Crippen molar-refractivity contribution >= 4 is 6.03 Å². The summed E-state index contributed by atoms with van der Waals surface area (Å²) >= 11 is 0. The Balaban J connectivity index is 2.57. The molecule has 0 saturated carbocycles. The lowest BCUT2D eigenvalue weighted by atomic mass is 9.85. The van der Waals surface area contributed by atoms with Crippen LogP contribution in [-0.4, -0.2) is 33.6 Å². The van der Waals surface area contributed by atoms with Gasteiger partial charge in [-0.25, -0.2) is 4.79 Å². The van der Waals surface area contributed by atoms with Gasteiger partial charge < -0.3 is 15.7 Å². The standard InChI is InChI=1S/C14H26N4O2/c1-10(11-8-15-18(5)9-11)16-13(20)17-12(6-7-19)14(2,3)4/h8-10,12,19H,6-7H2,1-5H3,(H2,16,17,20)/t10-,12+/m0/s1. The average Bonchev–Trinajstić information content (AvgIpc) is 2.74. The fraction of sp³-hybridized carbons (Fsp3) is 0.714. The van der Waals surface area contributed by atoms with Crippen LogP contribution in [0.4, 0.5) is 4.79 Å². The maximum atomic E-state index is 12.0. The lowest BCUT2D eigenvalue weighted by molar-refractivity contribution is 0.188. The lowest BCUT2D eigenvalue weighted by Crippen LogP contribution is -2.48. The van der Waals surface area contributed by atoms with Crippen molar-refractivity contribution in [2.75, 3.05) is 6.61 Å². The van der Waals surface area contributed by atoms with Crippen molar-refractivity contribution in [1.82, 2.24) is 20.4 Å². The molecule has 2 amide bonds. The SMILES string of the molecule is C[C@H](NC(=O)N[C@H](CCO)C(C)(C)C)c1cnn(C)c1. The van der Waals surface area contributed by atoms with E-state index in [9.17, 15) is 4.79 Å². The Bertz CT molecular complexity index is 437. The van der Waals surface area contributed by atoms with E-state index in [1.165, 1.54) is 0 Å². The fourth-order valence-corrected chi connectivity index (χ4v) is 1.99. The second-order valence-electron chi connectivity index (χ2n) is 6.22. The second kappa shape index (κ2) is 6.74. The molecule has 114 valence electrons. The fourth-order valence-electron chi connectivity index (χ4n) is 1.99. The third kappa shape index (κ3) is 4.85. The van der Waals surface area contributed by atoms with Crippen LogP contribution in [0.15, 0.2) is 12.4 Å². The number of hydrogen-bond acceptors (Lipinski definition) is 3. The van der Waals surface area contributed by atoms with Crippen LogP contribution in [0.2, 0.25) is 0 Å². The summed E-state index contributed by atoms with van der Waals surface area (Å²) in [5, 5.41) is 19.0. The first-order valence-electron chi connectivity index (χ1n) is 6.90. The molecular weight excluding hydrogens is 256 g/mol. The van der Waals surface area contributed by atoms with Crippen LogP contribution in [0, 0.1) is 5.41 Å². The minimum atomic E-state index is -0.227. The molecule has 1 heterocycles. The highest BCUT2D eigenvalue weighted by Gasteiger charge is 2.26. The van der Waals surface area contributed by atoms with Crippen molar-refractivity contribution in [3.05, 3.63) is 18.0 Å². The molecule has 0 radical (unpaired) electrons. The monoisotopic (exact) mass is 282 g/mol. The first-order chi connectivity index (χ1) is 9.24. The Morgan fingerprint density at radius 1 is 1.45 bits per heavy atom. The minimum Gasteiger partial charge on any atom is -0.396 e. The van der Waals surface area contributed by atoms with Crippen LogP contribution in [0.1, 0.15) is 45.7 Å². The van der Waals surface area contributed by atoms with E-state index in [1.807, 2.05) is 40.9 Å². The van der Waals surface area contributed by atoms with E-state index < -0.39 is 0 Å². The zero-order valence-corrected chi connectivity index (χ0v) is 13.0. The first-order valence-corrected chi connectivity index (χ1v) is 6.90. The molecule has 20 heavy (non-hydrogen) atoms. The van der Waals surface area contributed by atoms with Gasteiger partial charge in [0.05, 0.1) is 12.2 Å². The third-order valence-electron chi connectivity index (χ3n) is 3.34. The Labute approximate surface area is 120 Å². The van der Waals surface area contributed by atoms with Crippen LogP contribution in [-0.2, 0) is 7.05 Å². The van der Waals surface area contributed by atoms with Gasteiger partial charge in [0.15, 0.2) is 0 Å². The van der Waals surface area contributed by atoms with Crippen molar-refractivity contribution in [2.45, 2.75) is 46.2 Å². The van der Waals surface area contributed by atoms with Crippen LogP contribution in [0.3, 0.4) is 0 Å². The molecule has 0 fully saturated rings. The smallest absolute Gasteiger partial charge is 0.315 e. The molecule has 1 aromatic rings. The van der Waals surface area contributed by atoms with Crippen molar-refractivity contribution < 1.29 is 9.90 Å². The zero-order chi connectivity index (χ0) is 15.3. The number of carbonyl (C=O) groups excluding carboxylic acids is 1. The number of carbonyl (C=O) groups is 1. The molecule has 2 atom stereocenters. The van der Waals surface area contributed by atoms with Gasteiger partial charge in [-0.15, -0.1) is 0 Å². The third-order valence-corrected chi connectivity index (χ3v) is 3.34. The molecule has 0 unspecified atom stereocenters. The van der Waals surface area contributed by atoms with Crippen LogP contribution < -0.4 is 10.6 Å². The van der Waals surface area contributed by atoms with E-state index in [4.69, 9.17) is 5.11 Å². The summed E-state index contributed by atoms with van der Waals surface area (Å²) in [6.07, 6.45) is 4.15. The molecular formula is C14H26N4O2. The molecule has 0 bridgehead atoms. The Morgan fingerprint density at radius 3 is 2.55 bits per heavy atom. The van der Waals surface area contributed by atoms with E-state index in [-0.39, 0.29) is 30.1 Å². The van der Waals surface area contributed by atoms with Gasteiger partial charge in [0.25, 0.3) is 0 Å². The number of amides is 2. The number of aliphatic hydroxyl groups is 1. The Hall–Kier alpha value is -1.56. The summed E-state index contributed by atoms with van der Waals surface area (Å²) in [5.41, 5.74) is 0.856. The van der Waals surface area contributed by atoms with Gasteiger partial charge in [0.1, 0.15) is 0 Å². The lowest BCUT2D eigenvalue weighted by Gasteiger charge is -2.31. The summed E-state index contributed by atoms with van der Waals surface area (Å²) in [6, 6.07) is -0.415. The molecule has 6 heteroatoms. The molecule has 0 saturated heterocycles. The molecule has 0 aromatic carbocycles. The molecule has 1 aromatic heterocycles. The molecule has 0 aliphatic rings. The average molecular weight is 282 g/mol. The molecule has 0 aliphatic heterocycles. The van der Waals surface area contributed by atoms with Gasteiger partial charge in [0, 0.05) is 31.5 Å².